The van der Waals surface area contributed by atoms with E-state index in [1.54, 1.807) is 6.07 Å². The molecule has 0 saturated carbocycles. The fourth-order valence-electron chi connectivity index (χ4n) is 1.36. The number of thiocyanates is 1. The Morgan fingerprint density at radius 1 is 1.56 bits per heavy atom. The maximum atomic E-state index is 12.4. The molecule has 16 heavy (non-hydrogen) atoms. The molecule has 0 aliphatic rings. The largest absolute Gasteiger partial charge is 0.262 e. The molecule has 1 aromatic heterocycles. The fraction of sp³-hybridized carbons (Fsp3) is 0.600. The van der Waals surface area contributed by atoms with Gasteiger partial charge in [-0.05, 0) is 6.07 Å². The van der Waals surface area contributed by atoms with Crippen LogP contribution in [0.4, 0.5) is 8.78 Å². The van der Waals surface area contributed by atoms with E-state index in [9.17, 15) is 8.78 Å². The number of thioether (sulfide) groups is 1. The summed E-state index contributed by atoms with van der Waals surface area (Å²) in [6.45, 7) is 5.34. The Morgan fingerprint density at radius 3 is 2.62 bits per heavy atom. The summed E-state index contributed by atoms with van der Waals surface area (Å²) in [7, 11) is 0. The van der Waals surface area contributed by atoms with Gasteiger partial charge in [0.05, 0.1) is 0 Å². The first-order chi connectivity index (χ1) is 7.34. The molecule has 6 heteroatoms. The Labute approximate surface area is 97.4 Å². The minimum atomic E-state index is -2.44. The van der Waals surface area contributed by atoms with E-state index in [0.29, 0.717) is 10.7 Å². The lowest BCUT2D eigenvalue weighted by molar-refractivity contribution is 0.119. The number of hydrogen-bond donors (Lipinski definition) is 0. The third-order valence-corrected chi connectivity index (χ3v) is 2.49. The van der Waals surface area contributed by atoms with Gasteiger partial charge in [0.25, 0.3) is 6.43 Å². The summed E-state index contributed by atoms with van der Waals surface area (Å²) in [6.07, 6.45) is -2.44. The first-order valence-corrected chi connectivity index (χ1v) is 5.58. The Balaban J connectivity index is 3.08. The van der Waals surface area contributed by atoms with Crippen molar-refractivity contribution in [2.75, 3.05) is 0 Å². The summed E-state index contributed by atoms with van der Waals surface area (Å²) < 4.78 is 26.0. The zero-order valence-electron chi connectivity index (χ0n) is 9.37. The molecule has 1 heterocycles. The van der Waals surface area contributed by atoms with Crippen molar-refractivity contribution in [1.82, 2.24) is 9.78 Å². The van der Waals surface area contributed by atoms with Crippen LogP contribution < -0.4 is 0 Å². The topological polar surface area (TPSA) is 41.6 Å². The van der Waals surface area contributed by atoms with Crippen LogP contribution in [0.15, 0.2) is 11.1 Å². The van der Waals surface area contributed by atoms with E-state index in [0.717, 1.165) is 11.8 Å². The van der Waals surface area contributed by atoms with Gasteiger partial charge in [-0.3, -0.25) is 4.68 Å². The van der Waals surface area contributed by atoms with Gasteiger partial charge in [0, 0.05) is 22.9 Å². The Bertz CT molecular complexity index is 401. The second-order valence-corrected chi connectivity index (χ2v) is 5.19. The summed E-state index contributed by atoms with van der Waals surface area (Å²) in [6, 6.07) is 1.69. The molecule has 0 N–H and O–H groups in total. The highest BCUT2D eigenvalue weighted by Gasteiger charge is 2.22. The van der Waals surface area contributed by atoms with Crippen LogP contribution in [0.2, 0.25) is 0 Å². The summed E-state index contributed by atoms with van der Waals surface area (Å²) in [5.74, 6) is 0. The molecule has 0 amide bonds. The average Bonchev–Trinajstić information content (AvgIpc) is 2.46. The number of hydrogen-bond acceptors (Lipinski definition) is 3. The summed E-state index contributed by atoms with van der Waals surface area (Å²) in [5, 5.41) is 14.9. The number of rotatable bonds is 3. The maximum absolute atomic E-state index is 12.4. The van der Waals surface area contributed by atoms with Crippen LogP contribution in [-0.4, -0.2) is 16.2 Å². The summed E-state index contributed by atoms with van der Waals surface area (Å²) in [4.78, 5) is 0. The molecule has 0 unspecified atom stereocenters. The average molecular weight is 245 g/mol. The predicted molar refractivity (Wildman–Crippen MR) is 58.4 cm³/mol. The third kappa shape index (κ3) is 3.20. The van der Waals surface area contributed by atoms with Crippen LogP contribution in [0, 0.1) is 10.7 Å². The normalized spacial score (nSPS) is 11.8. The summed E-state index contributed by atoms with van der Waals surface area (Å²) >= 11 is 0.882. The molecule has 0 spiro atoms. The summed E-state index contributed by atoms with van der Waals surface area (Å²) in [5.41, 5.74) is 0.446. The number of alkyl halides is 2. The van der Waals surface area contributed by atoms with E-state index in [1.165, 1.54) is 4.68 Å². The van der Waals surface area contributed by atoms with Crippen LogP contribution in [0.1, 0.15) is 26.5 Å². The van der Waals surface area contributed by atoms with Crippen molar-refractivity contribution in [3.8, 4) is 5.40 Å². The molecule has 88 valence electrons. The number of nitrogens with zero attached hydrogens (tertiary/aromatic N) is 3. The Hall–Kier alpha value is -1.09. The van der Waals surface area contributed by atoms with Crippen molar-refractivity contribution < 1.29 is 8.78 Å². The number of aromatic nitrogens is 2. The zero-order valence-corrected chi connectivity index (χ0v) is 10.2. The molecule has 0 bridgehead atoms. The van der Waals surface area contributed by atoms with Crippen LogP contribution in [0.25, 0.3) is 0 Å². The van der Waals surface area contributed by atoms with Crippen LogP contribution >= 0.6 is 11.8 Å². The highest BCUT2D eigenvalue weighted by atomic mass is 32.2. The van der Waals surface area contributed by atoms with E-state index in [-0.39, 0.29) is 5.41 Å². The Kier molecular flexibility index (Phi) is 3.92. The molecule has 0 aliphatic heterocycles. The first kappa shape index (κ1) is 13.0. The van der Waals surface area contributed by atoms with Gasteiger partial charge < -0.3 is 0 Å². The monoisotopic (exact) mass is 245 g/mol. The van der Waals surface area contributed by atoms with Crippen molar-refractivity contribution in [2.45, 2.75) is 44.2 Å². The number of halogens is 2. The zero-order chi connectivity index (χ0) is 12.3. The van der Waals surface area contributed by atoms with Gasteiger partial charge in [-0.15, -0.1) is 0 Å². The standard InChI is InChI=1S/C10H13F2N3S/c1-10(2,3)7-4-9(16-6-13)14-15(7)5-8(11)12/h4,8H,5H2,1-3H3. The first-order valence-electron chi connectivity index (χ1n) is 4.77. The number of nitriles is 1. The van der Waals surface area contributed by atoms with E-state index in [1.807, 2.05) is 26.2 Å². The van der Waals surface area contributed by atoms with Gasteiger partial charge in [-0.1, -0.05) is 20.8 Å². The minimum Gasteiger partial charge on any atom is -0.262 e. The lowest BCUT2D eigenvalue weighted by Gasteiger charge is -2.19. The van der Waals surface area contributed by atoms with Gasteiger partial charge in [0.2, 0.25) is 0 Å². The van der Waals surface area contributed by atoms with E-state index in [2.05, 4.69) is 5.10 Å². The molecular formula is C10H13F2N3S. The van der Waals surface area contributed by atoms with Crippen LogP contribution in [-0.2, 0) is 12.0 Å². The molecule has 0 saturated heterocycles. The van der Waals surface area contributed by atoms with Crippen molar-refractivity contribution in [3.63, 3.8) is 0 Å². The molecule has 0 radical (unpaired) electrons. The molecule has 0 atom stereocenters. The fourth-order valence-corrected chi connectivity index (χ4v) is 1.77. The molecule has 0 aliphatic carbocycles. The van der Waals surface area contributed by atoms with Crippen LogP contribution in [0.3, 0.4) is 0 Å². The predicted octanol–water partition coefficient (Wildman–Crippen LogP) is 3.02. The molecule has 0 aromatic carbocycles. The molecule has 3 nitrogen and oxygen atoms in total. The second-order valence-electron chi connectivity index (χ2n) is 4.38. The minimum absolute atomic E-state index is 0.268. The molecule has 1 aromatic rings. The van der Waals surface area contributed by atoms with Crippen molar-refractivity contribution in [2.24, 2.45) is 0 Å². The van der Waals surface area contributed by atoms with Gasteiger partial charge in [-0.2, -0.15) is 10.4 Å². The molecule has 1 rings (SSSR count). The van der Waals surface area contributed by atoms with Crippen molar-refractivity contribution in [1.29, 1.82) is 5.26 Å². The van der Waals surface area contributed by atoms with Crippen molar-refractivity contribution >= 4 is 11.8 Å². The van der Waals surface area contributed by atoms with E-state index in [4.69, 9.17) is 5.26 Å². The lowest BCUT2D eigenvalue weighted by Crippen LogP contribution is -2.20. The van der Waals surface area contributed by atoms with Crippen LogP contribution in [0.5, 0.6) is 0 Å². The van der Waals surface area contributed by atoms with Gasteiger partial charge >= 0.3 is 0 Å². The van der Waals surface area contributed by atoms with Gasteiger partial charge in [0.1, 0.15) is 17.0 Å². The van der Waals surface area contributed by atoms with Crippen molar-refractivity contribution in [3.05, 3.63) is 11.8 Å². The van der Waals surface area contributed by atoms with E-state index < -0.39 is 13.0 Å². The second kappa shape index (κ2) is 4.83. The Morgan fingerprint density at radius 2 is 2.19 bits per heavy atom. The SMILES string of the molecule is CC(C)(C)c1cc(SC#N)nn1CC(F)F. The highest BCUT2D eigenvalue weighted by molar-refractivity contribution is 8.03. The quantitative estimate of drug-likeness (QED) is 0.607. The lowest BCUT2D eigenvalue weighted by atomic mass is 9.92. The maximum Gasteiger partial charge on any atom is 0.257 e. The third-order valence-electron chi connectivity index (χ3n) is 1.99. The smallest absolute Gasteiger partial charge is 0.257 e. The molecule has 0 fully saturated rings. The molecular weight excluding hydrogens is 232 g/mol. The highest BCUT2D eigenvalue weighted by Crippen LogP contribution is 2.27. The van der Waals surface area contributed by atoms with Gasteiger partial charge in [0.15, 0.2) is 0 Å². The van der Waals surface area contributed by atoms with Gasteiger partial charge in [-0.25, -0.2) is 8.78 Å². The van der Waals surface area contributed by atoms with E-state index >= 15 is 0 Å².